The molecular formula is C10H16N4O2S. The number of piperazine rings is 1. The van der Waals surface area contributed by atoms with Gasteiger partial charge in [-0.2, -0.15) is 4.31 Å². The van der Waals surface area contributed by atoms with Crippen molar-refractivity contribution in [3.05, 3.63) is 18.5 Å². The summed E-state index contributed by atoms with van der Waals surface area (Å²) in [7, 11) is -3.06. The van der Waals surface area contributed by atoms with Crippen LogP contribution in [0.4, 0.5) is 5.95 Å². The number of hydrogen-bond acceptors (Lipinski definition) is 5. The van der Waals surface area contributed by atoms with Crippen LogP contribution < -0.4 is 4.90 Å². The predicted octanol–water partition coefficient (Wildman–Crippen LogP) is -0.0517. The van der Waals surface area contributed by atoms with Gasteiger partial charge in [-0.3, -0.25) is 0 Å². The van der Waals surface area contributed by atoms with Crippen molar-refractivity contribution in [3.63, 3.8) is 0 Å². The summed E-state index contributed by atoms with van der Waals surface area (Å²) in [5, 5.41) is 0. The largest absolute Gasteiger partial charge is 0.338 e. The average Bonchev–Trinajstić information content (AvgIpc) is 2.40. The van der Waals surface area contributed by atoms with Crippen LogP contribution in [0, 0.1) is 0 Å². The number of nitrogens with zero attached hydrogens (tertiary/aromatic N) is 4. The number of aromatic nitrogens is 2. The molecule has 0 atom stereocenters. The molecule has 1 aromatic heterocycles. The lowest BCUT2D eigenvalue weighted by Crippen LogP contribution is -2.49. The molecule has 0 aromatic carbocycles. The second-order valence-corrected chi connectivity index (χ2v) is 6.09. The van der Waals surface area contributed by atoms with Crippen molar-refractivity contribution < 1.29 is 8.42 Å². The summed E-state index contributed by atoms with van der Waals surface area (Å²) in [5.74, 6) is 0.829. The molecule has 0 aliphatic carbocycles. The van der Waals surface area contributed by atoms with Crippen LogP contribution in [0.3, 0.4) is 0 Å². The van der Waals surface area contributed by atoms with Gasteiger partial charge >= 0.3 is 0 Å². The average molecular weight is 256 g/mol. The van der Waals surface area contributed by atoms with Crippen molar-refractivity contribution in [2.24, 2.45) is 0 Å². The lowest BCUT2D eigenvalue weighted by molar-refractivity contribution is 0.383. The normalized spacial score (nSPS) is 18.3. The smallest absolute Gasteiger partial charge is 0.225 e. The Kier molecular flexibility index (Phi) is 3.58. The van der Waals surface area contributed by atoms with Crippen LogP contribution >= 0.6 is 0 Å². The van der Waals surface area contributed by atoms with Gasteiger partial charge in [0, 0.05) is 38.6 Å². The lowest BCUT2D eigenvalue weighted by atomic mass is 10.4. The van der Waals surface area contributed by atoms with E-state index < -0.39 is 10.0 Å². The molecule has 0 unspecified atom stereocenters. The Hall–Kier alpha value is -1.21. The topological polar surface area (TPSA) is 66.4 Å². The van der Waals surface area contributed by atoms with Gasteiger partial charge in [-0.1, -0.05) is 0 Å². The van der Waals surface area contributed by atoms with Gasteiger partial charge < -0.3 is 4.90 Å². The van der Waals surface area contributed by atoms with E-state index in [1.165, 1.54) is 4.31 Å². The zero-order valence-electron chi connectivity index (χ0n) is 9.78. The maximum atomic E-state index is 11.7. The van der Waals surface area contributed by atoms with Crippen LogP contribution in [0.25, 0.3) is 0 Å². The van der Waals surface area contributed by atoms with Gasteiger partial charge in [0.2, 0.25) is 16.0 Å². The molecular weight excluding hydrogens is 240 g/mol. The zero-order chi connectivity index (χ0) is 12.3. The fraction of sp³-hybridized carbons (Fsp3) is 0.600. The van der Waals surface area contributed by atoms with Gasteiger partial charge in [-0.15, -0.1) is 0 Å². The number of anilines is 1. The van der Waals surface area contributed by atoms with Gasteiger partial charge in [0.1, 0.15) is 0 Å². The predicted molar refractivity (Wildman–Crippen MR) is 65.3 cm³/mol. The van der Waals surface area contributed by atoms with Crippen LogP contribution in [-0.4, -0.2) is 54.6 Å². The van der Waals surface area contributed by atoms with Gasteiger partial charge in [0.05, 0.1) is 5.75 Å². The fourth-order valence-electron chi connectivity index (χ4n) is 1.80. The first-order valence-electron chi connectivity index (χ1n) is 5.63. The maximum Gasteiger partial charge on any atom is 0.225 e. The van der Waals surface area contributed by atoms with Crippen LogP contribution in [0.5, 0.6) is 0 Å². The van der Waals surface area contributed by atoms with E-state index in [1.54, 1.807) is 25.4 Å². The van der Waals surface area contributed by atoms with E-state index in [-0.39, 0.29) is 5.75 Å². The van der Waals surface area contributed by atoms with Crippen LogP contribution in [-0.2, 0) is 10.0 Å². The quantitative estimate of drug-likeness (QED) is 0.758. The summed E-state index contributed by atoms with van der Waals surface area (Å²) in [5.41, 5.74) is 0. The van der Waals surface area contributed by atoms with Gasteiger partial charge in [0.15, 0.2) is 0 Å². The molecule has 0 amide bonds. The van der Waals surface area contributed by atoms with Gasteiger partial charge in [-0.25, -0.2) is 18.4 Å². The van der Waals surface area contributed by atoms with Crippen molar-refractivity contribution in [1.29, 1.82) is 0 Å². The van der Waals surface area contributed by atoms with Crippen molar-refractivity contribution in [3.8, 4) is 0 Å². The van der Waals surface area contributed by atoms with Crippen molar-refractivity contribution in [2.45, 2.75) is 6.92 Å². The first kappa shape index (κ1) is 12.3. The highest BCUT2D eigenvalue weighted by Crippen LogP contribution is 2.12. The Labute approximate surface area is 101 Å². The first-order chi connectivity index (χ1) is 8.13. The lowest BCUT2D eigenvalue weighted by Gasteiger charge is -2.33. The van der Waals surface area contributed by atoms with E-state index in [0.29, 0.717) is 32.1 Å². The minimum Gasteiger partial charge on any atom is -0.338 e. The number of sulfonamides is 1. The molecule has 0 N–H and O–H groups in total. The first-order valence-corrected chi connectivity index (χ1v) is 7.24. The monoisotopic (exact) mass is 256 g/mol. The van der Waals surface area contributed by atoms with Crippen LogP contribution in [0.15, 0.2) is 18.5 Å². The highest BCUT2D eigenvalue weighted by atomic mass is 32.2. The number of hydrogen-bond donors (Lipinski definition) is 0. The number of rotatable bonds is 3. The molecule has 1 aliphatic heterocycles. The van der Waals surface area contributed by atoms with Crippen LogP contribution in [0.1, 0.15) is 6.92 Å². The Morgan fingerprint density at radius 2 is 1.76 bits per heavy atom. The third-order valence-electron chi connectivity index (χ3n) is 2.83. The summed E-state index contributed by atoms with van der Waals surface area (Å²) in [6.45, 7) is 3.97. The van der Waals surface area contributed by atoms with Crippen LogP contribution in [0.2, 0.25) is 0 Å². The SMILES string of the molecule is CCS(=O)(=O)N1CCN(c2ncccn2)CC1. The summed E-state index contributed by atoms with van der Waals surface area (Å²) in [6.07, 6.45) is 3.38. The van der Waals surface area contributed by atoms with Crippen molar-refractivity contribution in [1.82, 2.24) is 14.3 Å². The third kappa shape index (κ3) is 2.73. The second-order valence-electron chi connectivity index (χ2n) is 3.84. The molecule has 17 heavy (non-hydrogen) atoms. The zero-order valence-corrected chi connectivity index (χ0v) is 10.6. The molecule has 94 valence electrons. The van der Waals surface area contributed by atoms with E-state index >= 15 is 0 Å². The van der Waals surface area contributed by atoms with E-state index in [9.17, 15) is 8.42 Å². The van der Waals surface area contributed by atoms with Gasteiger partial charge in [0.25, 0.3) is 0 Å². The molecule has 6 nitrogen and oxygen atoms in total. The second kappa shape index (κ2) is 4.97. The molecule has 2 heterocycles. The molecule has 0 spiro atoms. The summed E-state index contributed by atoms with van der Waals surface area (Å²) >= 11 is 0. The third-order valence-corrected chi connectivity index (χ3v) is 4.71. The highest BCUT2D eigenvalue weighted by molar-refractivity contribution is 7.89. The minimum atomic E-state index is -3.06. The Morgan fingerprint density at radius 1 is 1.18 bits per heavy atom. The Balaban J connectivity index is 2.00. The Bertz CT molecular complexity index is 454. The summed E-state index contributed by atoms with van der Waals surface area (Å²) in [4.78, 5) is 10.3. The molecule has 0 saturated carbocycles. The molecule has 2 rings (SSSR count). The van der Waals surface area contributed by atoms with E-state index in [2.05, 4.69) is 9.97 Å². The molecule has 1 aliphatic rings. The van der Waals surface area contributed by atoms with Crippen molar-refractivity contribution in [2.75, 3.05) is 36.8 Å². The molecule has 1 saturated heterocycles. The summed E-state index contributed by atoms with van der Waals surface area (Å²) < 4.78 is 24.9. The molecule has 1 fully saturated rings. The molecule has 1 aromatic rings. The van der Waals surface area contributed by atoms with E-state index in [0.717, 1.165) is 0 Å². The van der Waals surface area contributed by atoms with Crippen molar-refractivity contribution >= 4 is 16.0 Å². The van der Waals surface area contributed by atoms with E-state index in [1.807, 2.05) is 4.90 Å². The highest BCUT2D eigenvalue weighted by Gasteiger charge is 2.26. The molecule has 0 radical (unpaired) electrons. The molecule has 0 bridgehead atoms. The standard InChI is InChI=1S/C10H16N4O2S/c1-2-17(15,16)14-8-6-13(7-9-14)10-11-4-3-5-12-10/h3-5H,2,6-9H2,1H3. The Morgan fingerprint density at radius 3 is 2.29 bits per heavy atom. The van der Waals surface area contributed by atoms with Gasteiger partial charge in [-0.05, 0) is 13.0 Å². The minimum absolute atomic E-state index is 0.162. The summed E-state index contributed by atoms with van der Waals surface area (Å²) in [6, 6.07) is 1.77. The maximum absolute atomic E-state index is 11.7. The molecule has 7 heteroatoms. The van der Waals surface area contributed by atoms with E-state index in [4.69, 9.17) is 0 Å². The fourth-order valence-corrected chi connectivity index (χ4v) is 2.89.